The molecule has 10 heteroatoms. The van der Waals surface area contributed by atoms with Crippen molar-refractivity contribution in [1.82, 2.24) is 9.97 Å². The molecule has 1 saturated heterocycles. The number of fused-ring (bicyclic) bond motifs is 1. The molecule has 1 aliphatic rings. The average molecular weight is 477 g/mol. The zero-order chi connectivity index (χ0) is 22.8. The van der Waals surface area contributed by atoms with Crippen LogP contribution in [0.2, 0.25) is 0 Å². The summed E-state index contributed by atoms with van der Waals surface area (Å²) in [4.78, 5) is 36.1. The molecule has 0 radical (unpaired) electrons. The molecule has 32 heavy (non-hydrogen) atoms. The predicted octanol–water partition coefficient (Wildman–Crippen LogP) is 3.84. The molecule has 3 aromatic rings. The van der Waals surface area contributed by atoms with Crippen LogP contribution in [0.5, 0.6) is 0 Å². The van der Waals surface area contributed by atoms with Crippen LogP contribution in [0, 0.1) is 19.7 Å². The molecule has 0 bridgehead atoms. The second-order valence-electron chi connectivity index (χ2n) is 7.68. The smallest absolute Gasteiger partial charge is 0.259 e. The predicted molar refractivity (Wildman–Crippen MR) is 129 cm³/mol. The fourth-order valence-electron chi connectivity index (χ4n) is 3.54. The average Bonchev–Trinajstić information content (AvgIpc) is 3.06. The van der Waals surface area contributed by atoms with Crippen molar-refractivity contribution in [3.63, 3.8) is 0 Å². The van der Waals surface area contributed by atoms with E-state index in [4.69, 9.17) is 4.74 Å². The number of aryl methyl sites for hydroxylation is 2. The summed E-state index contributed by atoms with van der Waals surface area (Å²) in [5.41, 5.74) is 1.73. The molecule has 0 aliphatic carbocycles. The maximum Gasteiger partial charge on any atom is 0.259 e. The molecule has 0 saturated carbocycles. The van der Waals surface area contributed by atoms with E-state index in [1.807, 2.05) is 18.7 Å². The lowest BCUT2D eigenvalue weighted by Crippen LogP contribution is -2.36. The molecule has 1 fully saturated rings. The maximum atomic E-state index is 14.6. The Morgan fingerprint density at radius 1 is 1.38 bits per heavy atom. The Hall–Kier alpha value is -2.43. The standard InChI is InChI=1S/C22H25FN4O3S2/c1-12-13(2)32-22-19(12)21(29)25-18(26-22)11-31-14(3)20(28)24-15-4-5-17(16(23)10-15)27-6-8-30-9-7-27/h4-5,10,14H,6-9,11H2,1-3H3,(H,24,28)(H,25,26,29). The molecule has 0 spiro atoms. The van der Waals surface area contributed by atoms with Crippen molar-refractivity contribution in [2.45, 2.75) is 31.8 Å². The summed E-state index contributed by atoms with van der Waals surface area (Å²) in [5.74, 6) is 0.316. The Morgan fingerprint density at radius 3 is 2.84 bits per heavy atom. The number of anilines is 2. The van der Waals surface area contributed by atoms with E-state index in [2.05, 4.69) is 15.3 Å². The van der Waals surface area contributed by atoms with Crippen LogP contribution in [0.3, 0.4) is 0 Å². The lowest BCUT2D eigenvalue weighted by Gasteiger charge is -2.29. The van der Waals surface area contributed by atoms with Crippen LogP contribution < -0.4 is 15.8 Å². The number of morpholine rings is 1. The highest BCUT2D eigenvalue weighted by Crippen LogP contribution is 2.27. The number of hydrogen-bond acceptors (Lipinski definition) is 7. The van der Waals surface area contributed by atoms with Gasteiger partial charge in [0.15, 0.2) is 0 Å². The van der Waals surface area contributed by atoms with Crippen molar-refractivity contribution in [2.24, 2.45) is 0 Å². The van der Waals surface area contributed by atoms with Crippen molar-refractivity contribution in [3.05, 3.63) is 50.6 Å². The number of amides is 1. The number of aromatic amines is 1. The summed E-state index contributed by atoms with van der Waals surface area (Å²) in [6.45, 7) is 8.09. The SMILES string of the molecule is Cc1sc2nc(CSC(C)C(=O)Nc3ccc(N4CCOCC4)c(F)c3)[nH]c(=O)c2c1C. The molecule has 2 N–H and O–H groups in total. The maximum absolute atomic E-state index is 14.6. The first-order chi connectivity index (χ1) is 15.3. The molecule has 1 aromatic carbocycles. The zero-order valence-corrected chi connectivity index (χ0v) is 19.8. The van der Waals surface area contributed by atoms with Gasteiger partial charge in [-0.25, -0.2) is 9.37 Å². The van der Waals surface area contributed by atoms with Crippen LogP contribution in [0.25, 0.3) is 10.2 Å². The van der Waals surface area contributed by atoms with E-state index in [1.54, 1.807) is 19.1 Å². The van der Waals surface area contributed by atoms with E-state index >= 15 is 0 Å². The van der Waals surface area contributed by atoms with Gasteiger partial charge in [-0.05, 0) is 44.5 Å². The van der Waals surface area contributed by atoms with E-state index in [9.17, 15) is 14.0 Å². The molecule has 1 aliphatic heterocycles. The molecule has 7 nitrogen and oxygen atoms in total. The van der Waals surface area contributed by atoms with E-state index in [0.717, 1.165) is 10.4 Å². The van der Waals surface area contributed by atoms with Gasteiger partial charge in [0.2, 0.25) is 5.91 Å². The van der Waals surface area contributed by atoms with Gasteiger partial charge in [-0.15, -0.1) is 23.1 Å². The van der Waals surface area contributed by atoms with Crippen LogP contribution >= 0.6 is 23.1 Å². The molecule has 4 rings (SSSR count). The Bertz CT molecular complexity index is 1200. The van der Waals surface area contributed by atoms with Crippen molar-refractivity contribution in [3.8, 4) is 0 Å². The van der Waals surface area contributed by atoms with Gasteiger partial charge in [-0.1, -0.05) is 0 Å². The molecular weight excluding hydrogens is 451 g/mol. The van der Waals surface area contributed by atoms with E-state index < -0.39 is 5.25 Å². The number of carbonyl (C=O) groups excluding carboxylic acids is 1. The Labute approximate surface area is 193 Å². The molecule has 1 atom stereocenters. The highest BCUT2D eigenvalue weighted by atomic mass is 32.2. The molecule has 3 heterocycles. The fourth-order valence-corrected chi connectivity index (χ4v) is 5.34. The monoisotopic (exact) mass is 476 g/mol. The van der Waals surface area contributed by atoms with E-state index in [0.29, 0.717) is 59.5 Å². The van der Waals surface area contributed by atoms with Gasteiger partial charge >= 0.3 is 0 Å². The van der Waals surface area contributed by atoms with Gasteiger partial charge < -0.3 is 19.9 Å². The van der Waals surface area contributed by atoms with E-state index in [1.165, 1.54) is 29.2 Å². The number of thiophene rings is 1. The molecule has 1 amide bonds. The highest BCUT2D eigenvalue weighted by molar-refractivity contribution is 7.99. The molecule has 2 aromatic heterocycles. The number of carbonyl (C=O) groups is 1. The minimum atomic E-state index is -0.412. The first-order valence-corrected chi connectivity index (χ1v) is 12.2. The quantitative estimate of drug-likeness (QED) is 0.562. The van der Waals surface area contributed by atoms with Crippen LogP contribution in [0.15, 0.2) is 23.0 Å². The third-order valence-corrected chi connectivity index (χ3v) is 7.75. The van der Waals surface area contributed by atoms with Gasteiger partial charge in [0.25, 0.3) is 5.56 Å². The molecule has 1 unspecified atom stereocenters. The summed E-state index contributed by atoms with van der Waals surface area (Å²) in [5, 5.41) is 2.99. The van der Waals surface area contributed by atoms with Crippen molar-refractivity contribution < 1.29 is 13.9 Å². The van der Waals surface area contributed by atoms with Gasteiger partial charge in [-0.2, -0.15) is 0 Å². The Kier molecular flexibility index (Phi) is 6.82. The number of rotatable bonds is 6. The number of aromatic nitrogens is 2. The molecule has 170 valence electrons. The van der Waals surface area contributed by atoms with Crippen LogP contribution in [-0.4, -0.2) is 47.4 Å². The first-order valence-electron chi connectivity index (χ1n) is 10.4. The van der Waals surface area contributed by atoms with Crippen LogP contribution in [-0.2, 0) is 15.3 Å². The second kappa shape index (κ2) is 9.60. The van der Waals surface area contributed by atoms with Crippen molar-refractivity contribution in [1.29, 1.82) is 0 Å². The third-order valence-electron chi connectivity index (χ3n) is 5.49. The summed E-state index contributed by atoms with van der Waals surface area (Å²) in [7, 11) is 0. The van der Waals surface area contributed by atoms with Gasteiger partial charge in [0.05, 0.1) is 35.3 Å². The largest absolute Gasteiger partial charge is 0.378 e. The topological polar surface area (TPSA) is 87.3 Å². The minimum absolute atomic E-state index is 0.152. The number of nitrogens with zero attached hydrogens (tertiary/aromatic N) is 2. The minimum Gasteiger partial charge on any atom is -0.378 e. The number of thioether (sulfide) groups is 1. The lowest BCUT2D eigenvalue weighted by molar-refractivity contribution is -0.115. The Balaban J connectivity index is 1.37. The summed E-state index contributed by atoms with van der Waals surface area (Å²) < 4.78 is 19.9. The number of hydrogen-bond donors (Lipinski definition) is 2. The summed E-state index contributed by atoms with van der Waals surface area (Å²) in [6, 6.07) is 4.73. The zero-order valence-electron chi connectivity index (χ0n) is 18.2. The summed E-state index contributed by atoms with van der Waals surface area (Å²) in [6.07, 6.45) is 0. The van der Waals surface area contributed by atoms with Gasteiger partial charge in [-0.3, -0.25) is 9.59 Å². The number of benzene rings is 1. The van der Waals surface area contributed by atoms with Crippen LogP contribution in [0.1, 0.15) is 23.2 Å². The number of nitrogens with one attached hydrogen (secondary N) is 2. The summed E-state index contributed by atoms with van der Waals surface area (Å²) >= 11 is 2.86. The fraction of sp³-hybridized carbons (Fsp3) is 0.409. The van der Waals surface area contributed by atoms with Crippen molar-refractivity contribution in [2.75, 3.05) is 36.5 Å². The number of H-pyrrole nitrogens is 1. The lowest BCUT2D eigenvalue weighted by atomic mass is 10.2. The normalized spacial score (nSPS) is 15.2. The highest BCUT2D eigenvalue weighted by Gasteiger charge is 2.19. The van der Waals surface area contributed by atoms with E-state index in [-0.39, 0.29) is 17.3 Å². The first kappa shape index (κ1) is 22.8. The third kappa shape index (κ3) is 4.82. The Morgan fingerprint density at radius 2 is 2.12 bits per heavy atom. The van der Waals surface area contributed by atoms with Gasteiger partial charge in [0.1, 0.15) is 16.5 Å². The van der Waals surface area contributed by atoms with Crippen molar-refractivity contribution >= 4 is 50.6 Å². The second-order valence-corrected chi connectivity index (χ2v) is 10.2. The van der Waals surface area contributed by atoms with Crippen LogP contribution in [0.4, 0.5) is 15.8 Å². The van der Waals surface area contributed by atoms with Gasteiger partial charge in [0, 0.05) is 23.7 Å². The number of ether oxygens (including phenoxy) is 1. The molecular formula is C22H25FN4O3S2. The number of halogens is 1.